The highest BCUT2D eigenvalue weighted by molar-refractivity contribution is 7.45. The number of nitrogens with zero attached hydrogens (tertiary/aromatic N) is 1. The van der Waals surface area contributed by atoms with E-state index in [4.69, 9.17) is 9.05 Å². The van der Waals surface area contributed by atoms with Crippen molar-refractivity contribution in [2.24, 2.45) is 0 Å². The van der Waals surface area contributed by atoms with Gasteiger partial charge in [0.25, 0.3) is 7.82 Å². The molecule has 0 aromatic heterocycles. The van der Waals surface area contributed by atoms with Gasteiger partial charge in [-0.05, 0) is 51.4 Å². The van der Waals surface area contributed by atoms with Gasteiger partial charge in [0.2, 0.25) is 5.91 Å². The van der Waals surface area contributed by atoms with E-state index in [2.05, 4.69) is 79.9 Å². The molecule has 0 bridgehead atoms. The van der Waals surface area contributed by atoms with Crippen molar-refractivity contribution in [2.45, 2.75) is 180 Å². The molecule has 0 heterocycles. The number of likely N-dealkylation sites (N-methyl/N-ethyl adjacent to an activating group) is 1. The van der Waals surface area contributed by atoms with Crippen molar-refractivity contribution in [3.63, 3.8) is 0 Å². The number of carbonyl (C=O) groups is 1. The number of rotatable bonds is 38. The van der Waals surface area contributed by atoms with Crippen LogP contribution < -0.4 is 10.2 Å². The number of hydrogen-bond acceptors (Lipinski definition) is 6. The van der Waals surface area contributed by atoms with Crippen LogP contribution in [0.15, 0.2) is 60.8 Å². The zero-order valence-electron chi connectivity index (χ0n) is 35.4. The van der Waals surface area contributed by atoms with Crippen molar-refractivity contribution in [3.8, 4) is 0 Å². The maximum Gasteiger partial charge on any atom is 0.268 e. The minimum absolute atomic E-state index is 0.00121. The van der Waals surface area contributed by atoms with Crippen LogP contribution in [0.1, 0.15) is 168 Å². The van der Waals surface area contributed by atoms with Crippen molar-refractivity contribution >= 4 is 13.7 Å². The zero-order chi connectivity index (χ0) is 40.0. The van der Waals surface area contributed by atoms with E-state index in [0.29, 0.717) is 23.9 Å². The van der Waals surface area contributed by atoms with Crippen LogP contribution >= 0.6 is 7.82 Å². The lowest BCUT2D eigenvalue weighted by molar-refractivity contribution is -0.870. The molecule has 8 nitrogen and oxygen atoms in total. The highest BCUT2D eigenvalue weighted by Gasteiger charge is 2.24. The number of quaternary nitrogens is 1. The molecule has 314 valence electrons. The summed E-state index contributed by atoms with van der Waals surface area (Å²) in [6.45, 7) is 4.54. The van der Waals surface area contributed by atoms with Gasteiger partial charge in [0.05, 0.1) is 39.9 Å². The fourth-order valence-corrected chi connectivity index (χ4v) is 6.56. The smallest absolute Gasteiger partial charge is 0.268 e. The molecule has 0 fully saturated rings. The van der Waals surface area contributed by atoms with Gasteiger partial charge in [-0.1, -0.05) is 171 Å². The highest BCUT2D eigenvalue weighted by atomic mass is 31.2. The molecule has 0 aliphatic rings. The number of aliphatic hydroxyl groups excluding tert-OH is 1. The van der Waals surface area contributed by atoms with Crippen molar-refractivity contribution in [1.82, 2.24) is 5.32 Å². The highest BCUT2D eigenvalue weighted by Crippen LogP contribution is 2.38. The zero-order valence-corrected chi connectivity index (χ0v) is 36.3. The summed E-state index contributed by atoms with van der Waals surface area (Å²) in [4.78, 5) is 25.3. The Morgan fingerprint density at radius 3 is 1.57 bits per heavy atom. The summed E-state index contributed by atoms with van der Waals surface area (Å²) < 4.78 is 23.2. The Morgan fingerprint density at radius 2 is 1.11 bits per heavy atom. The number of phosphoric ester groups is 1. The number of amides is 1. The number of nitrogens with one attached hydrogen (secondary N) is 1. The second-order valence-electron chi connectivity index (χ2n) is 15.7. The number of carbonyl (C=O) groups excluding carboxylic acids is 1. The largest absolute Gasteiger partial charge is 0.756 e. The average molecular weight is 779 g/mol. The molecule has 0 saturated heterocycles. The second-order valence-corrected chi connectivity index (χ2v) is 17.1. The molecule has 54 heavy (non-hydrogen) atoms. The third-order valence-electron chi connectivity index (χ3n) is 9.27. The summed E-state index contributed by atoms with van der Waals surface area (Å²) in [6, 6.07) is -0.831. The topological polar surface area (TPSA) is 108 Å². The number of unbranched alkanes of at least 4 members (excludes halogenated alkanes) is 15. The molecular weight excluding hydrogens is 695 g/mol. The fourth-order valence-electron chi connectivity index (χ4n) is 5.84. The first-order valence-corrected chi connectivity index (χ1v) is 23.1. The van der Waals surface area contributed by atoms with Gasteiger partial charge >= 0.3 is 0 Å². The summed E-state index contributed by atoms with van der Waals surface area (Å²) in [7, 11) is 1.26. The van der Waals surface area contributed by atoms with Crippen LogP contribution in [0.3, 0.4) is 0 Å². The van der Waals surface area contributed by atoms with Gasteiger partial charge in [-0.3, -0.25) is 9.36 Å². The van der Waals surface area contributed by atoms with E-state index in [1.54, 1.807) is 0 Å². The summed E-state index contributed by atoms with van der Waals surface area (Å²) in [5, 5.41) is 13.9. The number of phosphoric acid groups is 1. The first-order chi connectivity index (χ1) is 26.0. The molecule has 0 aliphatic carbocycles. The summed E-state index contributed by atoms with van der Waals surface area (Å²) in [6.07, 6.45) is 46.6. The molecule has 0 saturated carbocycles. The van der Waals surface area contributed by atoms with E-state index < -0.39 is 20.0 Å². The van der Waals surface area contributed by atoms with Crippen LogP contribution in [-0.4, -0.2) is 68.5 Å². The van der Waals surface area contributed by atoms with E-state index in [0.717, 1.165) is 57.8 Å². The molecule has 0 aliphatic heterocycles. The number of allylic oxidation sites excluding steroid dienone is 10. The van der Waals surface area contributed by atoms with Crippen LogP contribution in [0, 0.1) is 0 Å². The van der Waals surface area contributed by atoms with E-state index in [9.17, 15) is 19.4 Å². The van der Waals surface area contributed by atoms with E-state index in [1.807, 2.05) is 21.1 Å². The summed E-state index contributed by atoms with van der Waals surface area (Å²) >= 11 is 0. The van der Waals surface area contributed by atoms with Crippen LogP contribution in [0.2, 0.25) is 0 Å². The second kappa shape index (κ2) is 36.8. The maximum absolute atomic E-state index is 12.8. The Morgan fingerprint density at radius 1 is 0.667 bits per heavy atom. The number of aliphatic hydroxyl groups is 1. The van der Waals surface area contributed by atoms with Crippen molar-refractivity contribution in [3.05, 3.63) is 60.8 Å². The normalized spacial score (nSPS) is 15.0. The lowest BCUT2D eigenvalue weighted by atomic mass is 10.0. The standard InChI is InChI=1S/C45H83N2O6P/c1-6-8-10-12-14-16-18-20-22-23-25-27-29-31-33-35-37-39-45(49)46-43(42-53-54(50,51)52-41-40-47(3,4)5)44(48)38-36-34-32-30-28-26-24-21-19-17-15-13-11-9-7-2/h8,10,14,16,20,22,25,27,31,33,43-44,48H,6-7,9,11-13,15,17-19,21,23-24,26,28-30,32,34-42H2,1-5H3,(H-,46,49,50,51)/b10-8-,16-14-,22-20-,27-25-,33-31-. The van der Waals surface area contributed by atoms with Crippen LogP contribution in [0.4, 0.5) is 0 Å². The van der Waals surface area contributed by atoms with Gasteiger partial charge < -0.3 is 28.8 Å². The minimum atomic E-state index is -4.58. The lowest BCUT2D eigenvalue weighted by Crippen LogP contribution is -2.46. The quantitative estimate of drug-likeness (QED) is 0.0280. The lowest BCUT2D eigenvalue weighted by Gasteiger charge is -2.30. The minimum Gasteiger partial charge on any atom is -0.756 e. The molecule has 0 spiro atoms. The molecule has 3 atom stereocenters. The van der Waals surface area contributed by atoms with E-state index in [1.165, 1.54) is 77.0 Å². The van der Waals surface area contributed by atoms with Crippen LogP contribution in [0.5, 0.6) is 0 Å². The van der Waals surface area contributed by atoms with Gasteiger partial charge in [-0.2, -0.15) is 0 Å². The van der Waals surface area contributed by atoms with E-state index in [-0.39, 0.29) is 25.5 Å². The third kappa shape index (κ3) is 38.5. The Hall–Kier alpha value is -1.80. The Balaban J connectivity index is 4.51. The fraction of sp³-hybridized carbons (Fsp3) is 0.756. The van der Waals surface area contributed by atoms with Crippen molar-refractivity contribution < 1.29 is 32.9 Å². The maximum atomic E-state index is 12.8. The molecule has 3 unspecified atom stereocenters. The Kier molecular flexibility index (Phi) is 35.6. The molecular formula is C45H83N2O6P. The average Bonchev–Trinajstić information content (AvgIpc) is 3.12. The van der Waals surface area contributed by atoms with Crippen LogP contribution in [0.25, 0.3) is 0 Å². The van der Waals surface area contributed by atoms with Crippen molar-refractivity contribution in [1.29, 1.82) is 0 Å². The van der Waals surface area contributed by atoms with Gasteiger partial charge in [-0.15, -0.1) is 0 Å². The molecule has 2 N–H and O–H groups in total. The summed E-state index contributed by atoms with van der Waals surface area (Å²) in [5.41, 5.74) is 0. The van der Waals surface area contributed by atoms with Gasteiger partial charge in [0.1, 0.15) is 13.2 Å². The van der Waals surface area contributed by atoms with Crippen molar-refractivity contribution in [2.75, 3.05) is 40.9 Å². The molecule has 0 aromatic carbocycles. The molecule has 0 aromatic rings. The SMILES string of the molecule is CC/C=C\C/C=C\C/C=C\C/C=C\C/C=C\CCCC(=O)NC(COP(=O)([O-])OCC[N+](C)(C)C)C(O)CCCCCCCCCCCCCCCCC. The molecule has 0 radical (unpaired) electrons. The summed E-state index contributed by atoms with van der Waals surface area (Å²) in [5.74, 6) is -0.224. The molecule has 1 amide bonds. The first kappa shape index (κ1) is 52.2. The first-order valence-electron chi connectivity index (χ1n) is 21.6. The molecule has 9 heteroatoms. The van der Waals surface area contributed by atoms with Gasteiger partial charge in [0, 0.05) is 6.42 Å². The molecule has 0 rings (SSSR count). The predicted molar refractivity (Wildman–Crippen MR) is 228 cm³/mol. The Labute approximate surface area is 332 Å². The van der Waals surface area contributed by atoms with E-state index >= 15 is 0 Å². The number of hydrogen-bond donors (Lipinski definition) is 2. The predicted octanol–water partition coefficient (Wildman–Crippen LogP) is 11.2. The van der Waals surface area contributed by atoms with Gasteiger partial charge in [-0.25, -0.2) is 0 Å². The third-order valence-corrected chi connectivity index (χ3v) is 10.2. The Bertz CT molecular complexity index is 1060. The monoisotopic (exact) mass is 779 g/mol. The van der Waals surface area contributed by atoms with Crippen LogP contribution in [-0.2, 0) is 18.4 Å². The van der Waals surface area contributed by atoms with Gasteiger partial charge in [0.15, 0.2) is 0 Å².